The van der Waals surface area contributed by atoms with Crippen molar-refractivity contribution in [2.24, 2.45) is 5.41 Å². The van der Waals surface area contributed by atoms with E-state index in [1.807, 2.05) is 37.0 Å². The molecular weight excluding hydrogens is 330 g/mol. The minimum atomic E-state index is 0.145. The molecule has 1 aromatic rings. The van der Waals surface area contributed by atoms with Crippen LogP contribution in [0, 0.1) is 12.3 Å². The number of nitrogens with zero attached hydrogens (tertiary/aromatic N) is 5. The van der Waals surface area contributed by atoms with E-state index in [1.165, 1.54) is 0 Å². The third-order valence-corrected chi connectivity index (χ3v) is 5.61. The number of carbonyl (C=O) groups is 1. The fourth-order valence-electron chi connectivity index (χ4n) is 4.25. The van der Waals surface area contributed by atoms with Crippen molar-refractivity contribution in [2.75, 3.05) is 63.8 Å². The highest BCUT2D eigenvalue weighted by molar-refractivity contribution is 5.77. The van der Waals surface area contributed by atoms with Crippen LogP contribution < -0.4 is 9.80 Å². The van der Waals surface area contributed by atoms with Gasteiger partial charge in [0.2, 0.25) is 11.9 Å². The highest BCUT2D eigenvalue weighted by atomic mass is 16.5. The van der Waals surface area contributed by atoms with E-state index in [-0.39, 0.29) is 11.3 Å². The monoisotopic (exact) mass is 361 g/mol. The van der Waals surface area contributed by atoms with Crippen LogP contribution in [0.15, 0.2) is 6.20 Å². The second kappa shape index (κ2) is 7.78. The average Bonchev–Trinajstić information content (AvgIpc) is 2.63. The lowest BCUT2D eigenvalue weighted by molar-refractivity contribution is -0.138. The van der Waals surface area contributed by atoms with E-state index in [4.69, 9.17) is 9.72 Å². The van der Waals surface area contributed by atoms with E-state index >= 15 is 0 Å². The topological polar surface area (TPSA) is 61.8 Å². The number of methoxy groups -OCH3 is 1. The van der Waals surface area contributed by atoms with E-state index in [1.54, 1.807) is 7.11 Å². The van der Waals surface area contributed by atoms with Crippen LogP contribution in [0.5, 0.6) is 0 Å². The van der Waals surface area contributed by atoms with Gasteiger partial charge in [-0.15, -0.1) is 0 Å². The lowest BCUT2D eigenvalue weighted by atomic mass is 9.73. The zero-order valence-corrected chi connectivity index (χ0v) is 16.5. The van der Waals surface area contributed by atoms with Gasteiger partial charge in [-0.25, -0.2) is 4.98 Å². The molecule has 0 unspecified atom stereocenters. The maximum absolute atomic E-state index is 12.3. The molecule has 1 atom stereocenters. The largest absolute Gasteiger partial charge is 0.383 e. The van der Waals surface area contributed by atoms with E-state index in [2.05, 4.69) is 9.88 Å². The number of aromatic nitrogens is 2. The molecule has 2 fully saturated rings. The quantitative estimate of drug-likeness (QED) is 0.796. The Morgan fingerprint density at radius 2 is 2.12 bits per heavy atom. The van der Waals surface area contributed by atoms with Gasteiger partial charge < -0.3 is 19.4 Å². The van der Waals surface area contributed by atoms with Crippen molar-refractivity contribution in [3.05, 3.63) is 11.8 Å². The van der Waals surface area contributed by atoms with Gasteiger partial charge in [-0.05, 0) is 26.2 Å². The van der Waals surface area contributed by atoms with Crippen molar-refractivity contribution in [2.45, 2.75) is 32.6 Å². The lowest BCUT2D eigenvalue weighted by Crippen LogP contribution is -2.55. The summed E-state index contributed by atoms with van der Waals surface area (Å²) in [5.41, 5.74) is 1.23. The predicted molar refractivity (Wildman–Crippen MR) is 103 cm³/mol. The molecule has 144 valence electrons. The van der Waals surface area contributed by atoms with Crippen LogP contribution in [0.4, 0.5) is 11.8 Å². The Bertz CT molecular complexity index is 651. The van der Waals surface area contributed by atoms with Crippen LogP contribution in [0.2, 0.25) is 0 Å². The number of hydrogen-bond donors (Lipinski definition) is 0. The maximum atomic E-state index is 12.3. The summed E-state index contributed by atoms with van der Waals surface area (Å²) < 4.78 is 5.18. The van der Waals surface area contributed by atoms with Gasteiger partial charge in [-0.2, -0.15) is 4.98 Å². The number of carbonyl (C=O) groups excluding carboxylic acids is 1. The van der Waals surface area contributed by atoms with Crippen molar-refractivity contribution in [3.8, 4) is 0 Å². The van der Waals surface area contributed by atoms with Crippen molar-refractivity contribution in [1.29, 1.82) is 0 Å². The van der Waals surface area contributed by atoms with Gasteiger partial charge >= 0.3 is 0 Å². The summed E-state index contributed by atoms with van der Waals surface area (Å²) in [5.74, 6) is 2.03. The molecule has 2 aliphatic heterocycles. The summed E-state index contributed by atoms with van der Waals surface area (Å²) in [7, 11) is 5.71. The minimum Gasteiger partial charge on any atom is -0.383 e. The summed E-state index contributed by atoms with van der Waals surface area (Å²) in [6, 6.07) is 0. The Morgan fingerprint density at radius 1 is 1.31 bits per heavy atom. The Labute approximate surface area is 156 Å². The van der Waals surface area contributed by atoms with Gasteiger partial charge in [0.25, 0.3) is 0 Å². The molecule has 1 spiro atoms. The highest BCUT2D eigenvalue weighted by Crippen LogP contribution is 2.39. The second-order valence-corrected chi connectivity index (χ2v) is 7.90. The van der Waals surface area contributed by atoms with Crippen molar-refractivity contribution >= 4 is 17.7 Å². The molecule has 26 heavy (non-hydrogen) atoms. The second-order valence-electron chi connectivity index (χ2n) is 7.90. The summed E-state index contributed by atoms with van der Waals surface area (Å²) in [4.78, 5) is 28.0. The third-order valence-electron chi connectivity index (χ3n) is 5.61. The molecule has 2 saturated heterocycles. The number of likely N-dealkylation sites (tertiary alicyclic amines) is 1. The summed E-state index contributed by atoms with van der Waals surface area (Å²) in [6.07, 6.45) is 5.77. The van der Waals surface area contributed by atoms with Gasteiger partial charge in [-0.3, -0.25) is 4.79 Å². The molecule has 7 heteroatoms. The summed E-state index contributed by atoms with van der Waals surface area (Å²) >= 11 is 0. The zero-order valence-electron chi connectivity index (χ0n) is 16.5. The number of anilines is 2. The smallest absolute Gasteiger partial charge is 0.227 e. The van der Waals surface area contributed by atoms with Crippen molar-refractivity contribution in [3.63, 3.8) is 0 Å². The van der Waals surface area contributed by atoms with Gasteiger partial charge in [0, 0.05) is 71.0 Å². The van der Waals surface area contributed by atoms with Gasteiger partial charge in [0.05, 0.1) is 6.61 Å². The van der Waals surface area contributed by atoms with E-state index in [0.29, 0.717) is 19.6 Å². The Morgan fingerprint density at radius 3 is 2.85 bits per heavy atom. The SMILES string of the molecule is COCCN1C[C@]2(CCCN(c3ncc(C)c(N(C)C)n3)C2)CCC1=O. The number of hydrogen-bond acceptors (Lipinski definition) is 6. The van der Waals surface area contributed by atoms with Gasteiger partial charge in [0.1, 0.15) is 5.82 Å². The first-order chi connectivity index (χ1) is 12.4. The number of piperidine rings is 2. The van der Waals surface area contributed by atoms with Crippen LogP contribution in [0.1, 0.15) is 31.2 Å². The Kier molecular flexibility index (Phi) is 5.65. The fraction of sp³-hybridized carbons (Fsp3) is 0.737. The lowest BCUT2D eigenvalue weighted by Gasteiger charge is -2.48. The normalized spacial score (nSPS) is 23.6. The van der Waals surface area contributed by atoms with Crippen LogP contribution in [0.3, 0.4) is 0 Å². The Hall–Kier alpha value is -1.89. The van der Waals surface area contributed by atoms with E-state index in [0.717, 1.165) is 56.2 Å². The molecule has 2 aliphatic rings. The summed E-state index contributed by atoms with van der Waals surface area (Å²) in [6.45, 7) is 6.03. The number of aryl methyl sites for hydroxylation is 1. The molecule has 3 rings (SSSR count). The van der Waals surface area contributed by atoms with E-state index < -0.39 is 0 Å². The molecule has 7 nitrogen and oxygen atoms in total. The first-order valence-corrected chi connectivity index (χ1v) is 9.47. The van der Waals surface area contributed by atoms with Crippen LogP contribution >= 0.6 is 0 Å². The zero-order chi connectivity index (χ0) is 18.7. The molecule has 0 radical (unpaired) electrons. The first-order valence-electron chi connectivity index (χ1n) is 9.47. The van der Waals surface area contributed by atoms with E-state index in [9.17, 15) is 4.79 Å². The first kappa shape index (κ1) is 18.9. The molecule has 0 N–H and O–H groups in total. The van der Waals surface area contributed by atoms with Crippen LogP contribution in [-0.2, 0) is 9.53 Å². The molecular formula is C19H31N5O2. The van der Waals surface area contributed by atoms with Crippen LogP contribution in [-0.4, -0.2) is 74.8 Å². The fourth-order valence-corrected chi connectivity index (χ4v) is 4.25. The predicted octanol–water partition coefficient (Wildman–Crippen LogP) is 1.71. The van der Waals surface area contributed by atoms with Crippen molar-refractivity contribution in [1.82, 2.24) is 14.9 Å². The highest BCUT2D eigenvalue weighted by Gasteiger charge is 2.42. The molecule has 0 aliphatic carbocycles. The van der Waals surface area contributed by atoms with Crippen LogP contribution in [0.25, 0.3) is 0 Å². The summed E-state index contributed by atoms with van der Waals surface area (Å²) in [5, 5.41) is 0. The van der Waals surface area contributed by atoms with Gasteiger partial charge in [0.15, 0.2) is 0 Å². The molecule has 1 amide bonds. The average molecular weight is 361 g/mol. The third kappa shape index (κ3) is 3.92. The standard InChI is InChI=1S/C19H31N5O2/c1-15-12-20-18(21-17(15)22(2)3)24-9-5-7-19(14-24)8-6-16(25)23(13-19)10-11-26-4/h12H,5-11,13-14H2,1-4H3/t19-/m0/s1. The molecule has 0 bridgehead atoms. The number of amides is 1. The molecule has 3 heterocycles. The number of rotatable bonds is 5. The maximum Gasteiger partial charge on any atom is 0.227 e. The molecule has 0 aromatic carbocycles. The number of ether oxygens (including phenoxy) is 1. The Balaban J connectivity index is 1.76. The van der Waals surface area contributed by atoms with Crippen molar-refractivity contribution < 1.29 is 9.53 Å². The molecule has 1 aromatic heterocycles. The van der Waals surface area contributed by atoms with Gasteiger partial charge in [-0.1, -0.05) is 0 Å². The minimum absolute atomic E-state index is 0.145. The molecule has 0 saturated carbocycles.